The van der Waals surface area contributed by atoms with E-state index in [1.807, 2.05) is 0 Å². The smallest absolute Gasteiger partial charge is 0.220 e. The topological polar surface area (TPSA) is 46.1 Å². The normalized spacial score (nSPS) is 14.6. The third kappa shape index (κ3) is 5.07. The fraction of sp³-hybridized carbons (Fsp3) is 0.667. The van der Waals surface area contributed by atoms with Gasteiger partial charge in [-0.1, -0.05) is 6.92 Å². The Labute approximate surface area is 115 Å². The Morgan fingerprint density at radius 2 is 2.32 bits per heavy atom. The minimum Gasteiger partial charge on any atom is -0.353 e. The number of hydrogen-bond donors (Lipinski definition) is 2. The molecule has 0 radical (unpaired) electrons. The molecule has 1 saturated carbocycles. The van der Waals surface area contributed by atoms with Crippen molar-refractivity contribution in [3.8, 4) is 0 Å². The zero-order chi connectivity index (χ0) is 13.5. The van der Waals surface area contributed by atoms with Crippen molar-refractivity contribution in [2.45, 2.75) is 58.2 Å². The van der Waals surface area contributed by atoms with E-state index < -0.39 is 0 Å². The molecule has 0 aromatic carbocycles. The van der Waals surface area contributed by atoms with Crippen LogP contribution in [0.5, 0.6) is 0 Å². The minimum atomic E-state index is 0.207. The van der Waals surface area contributed by atoms with Gasteiger partial charge in [-0.15, -0.1) is 0 Å². The lowest BCUT2D eigenvalue weighted by Gasteiger charge is -2.09. The van der Waals surface area contributed by atoms with E-state index in [1.165, 1.54) is 18.5 Å². The first-order valence-electron chi connectivity index (χ1n) is 7.43. The summed E-state index contributed by atoms with van der Waals surface area (Å²) < 4.78 is 2.28. The number of aromatic nitrogens is 1. The van der Waals surface area contributed by atoms with Crippen LogP contribution in [0.3, 0.4) is 0 Å². The monoisotopic (exact) mass is 263 g/mol. The molecule has 19 heavy (non-hydrogen) atoms. The molecule has 1 aliphatic carbocycles. The lowest BCUT2D eigenvalue weighted by Crippen LogP contribution is -2.26. The fourth-order valence-corrected chi connectivity index (χ4v) is 2.19. The number of hydrogen-bond acceptors (Lipinski definition) is 2. The Bertz CT molecular complexity index is 396. The standard InChI is InChI=1S/C15H25N3O/c1-2-10-18-11-4-5-14(18)12-16-9-3-6-15(19)17-13-7-8-13/h4-5,11,13,16H,2-3,6-10,12H2,1H3,(H,17,19). The van der Waals surface area contributed by atoms with Crippen molar-refractivity contribution in [3.05, 3.63) is 24.0 Å². The molecule has 1 aromatic heterocycles. The molecule has 0 atom stereocenters. The van der Waals surface area contributed by atoms with Crippen LogP contribution < -0.4 is 10.6 Å². The highest BCUT2D eigenvalue weighted by molar-refractivity contribution is 5.76. The lowest BCUT2D eigenvalue weighted by atomic mass is 10.3. The Kier molecular flexibility index (Phi) is 5.45. The van der Waals surface area contributed by atoms with Crippen molar-refractivity contribution in [1.29, 1.82) is 0 Å². The summed E-state index contributed by atoms with van der Waals surface area (Å²) in [6.07, 6.45) is 7.16. The molecule has 0 aliphatic heterocycles. The van der Waals surface area contributed by atoms with E-state index in [9.17, 15) is 4.79 Å². The number of rotatable bonds is 9. The highest BCUT2D eigenvalue weighted by Gasteiger charge is 2.22. The minimum absolute atomic E-state index is 0.207. The summed E-state index contributed by atoms with van der Waals surface area (Å²) in [5.41, 5.74) is 1.32. The summed E-state index contributed by atoms with van der Waals surface area (Å²) in [5, 5.41) is 6.42. The molecule has 0 unspecified atom stereocenters. The Morgan fingerprint density at radius 3 is 3.05 bits per heavy atom. The SMILES string of the molecule is CCCn1cccc1CNCCCC(=O)NC1CC1. The number of carbonyl (C=O) groups is 1. The van der Waals surface area contributed by atoms with E-state index in [2.05, 4.69) is 40.5 Å². The molecular weight excluding hydrogens is 238 g/mol. The van der Waals surface area contributed by atoms with Crippen LogP contribution in [0.25, 0.3) is 0 Å². The molecule has 1 aromatic rings. The number of aryl methyl sites for hydroxylation is 1. The molecule has 1 amide bonds. The van der Waals surface area contributed by atoms with Gasteiger partial charge in [-0.25, -0.2) is 0 Å². The van der Waals surface area contributed by atoms with E-state index >= 15 is 0 Å². The van der Waals surface area contributed by atoms with Gasteiger partial charge in [0.2, 0.25) is 5.91 Å². The second-order valence-corrected chi connectivity index (χ2v) is 5.32. The third-order valence-electron chi connectivity index (χ3n) is 3.39. The molecule has 2 N–H and O–H groups in total. The lowest BCUT2D eigenvalue weighted by molar-refractivity contribution is -0.121. The van der Waals surface area contributed by atoms with Gasteiger partial charge in [0.25, 0.3) is 0 Å². The zero-order valence-corrected chi connectivity index (χ0v) is 11.8. The maximum atomic E-state index is 11.5. The van der Waals surface area contributed by atoms with Gasteiger partial charge in [0.05, 0.1) is 0 Å². The van der Waals surface area contributed by atoms with E-state index in [-0.39, 0.29) is 5.91 Å². The molecule has 0 spiro atoms. The third-order valence-corrected chi connectivity index (χ3v) is 3.39. The quantitative estimate of drug-likeness (QED) is 0.670. The molecule has 1 aliphatic rings. The van der Waals surface area contributed by atoms with E-state index in [4.69, 9.17) is 0 Å². The van der Waals surface area contributed by atoms with Crippen molar-refractivity contribution in [3.63, 3.8) is 0 Å². The molecule has 106 valence electrons. The Hall–Kier alpha value is -1.29. The molecule has 4 heteroatoms. The summed E-state index contributed by atoms with van der Waals surface area (Å²) in [7, 11) is 0. The average molecular weight is 263 g/mol. The van der Waals surface area contributed by atoms with E-state index in [0.29, 0.717) is 12.5 Å². The summed E-state index contributed by atoms with van der Waals surface area (Å²) in [4.78, 5) is 11.5. The Morgan fingerprint density at radius 1 is 1.47 bits per heavy atom. The van der Waals surface area contributed by atoms with Crippen LogP contribution in [0.4, 0.5) is 0 Å². The van der Waals surface area contributed by atoms with Gasteiger partial charge in [-0.2, -0.15) is 0 Å². The number of nitrogens with one attached hydrogen (secondary N) is 2. The van der Waals surface area contributed by atoms with Crippen LogP contribution in [0.1, 0.15) is 44.7 Å². The first-order chi connectivity index (χ1) is 9.29. The van der Waals surface area contributed by atoms with Crippen LogP contribution in [0, 0.1) is 0 Å². The number of carbonyl (C=O) groups excluding carboxylic acids is 1. The largest absolute Gasteiger partial charge is 0.353 e. The van der Waals surface area contributed by atoms with Crippen molar-refractivity contribution in [2.75, 3.05) is 6.54 Å². The van der Waals surface area contributed by atoms with Gasteiger partial charge >= 0.3 is 0 Å². The highest BCUT2D eigenvalue weighted by atomic mass is 16.1. The van der Waals surface area contributed by atoms with Crippen molar-refractivity contribution in [1.82, 2.24) is 15.2 Å². The number of nitrogens with zero attached hydrogens (tertiary/aromatic N) is 1. The summed E-state index contributed by atoms with van der Waals surface area (Å²) >= 11 is 0. The molecule has 1 fully saturated rings. The molecular formula is C15H25N3O. The first kappa shape index (κ1) is 14.1. The zero-order valence-electron chi connectivity index (χ0n) is 11.8. The summed E-state index contributed by atoms with van der Waals surface area (Å²) in [6, 6.07) is 4.73. The van der Waals surface area contributed by atoms with Gasteiger partial charge in [0.15, 0.2) is 0 Å². The van der Waals surface area contributed by atoms with Crippen LogP contribution in [0.2, 0.25) is 0 Å². The van der Waals surface area contributed by atoms with Gasteiger partial charge in [0, 0.05) is 37.4 Å². The van der Waals surface area contributed by atoms with Crippen molar-refractivity contribution < 1.29 is 4.79 Å². The van der Waals surface area contributed by atoms with Crippen LogP contribution in [-0.2, 0) is 17.9 Å². The Balaban J connectivity index is 1.55. The predicted molar refractivity (Wildman–Crippen MR) is 76.8 cm³/mol. The van der Waals surface area contributed by atoms with E-state index in [0.717, 1.165) is 32.5 Å². The first-order valence-corrected chi connectivity index (χ1v) is 7.43. The molecule has 4 nitrogen and oxygen atoms in total. The highest BCUT2D eigenvalue weighted by Crippen LogP contribution is 2.18. The maximum absolute atomic E-state index is 11.5. The van der Waals surface area contributed by atoms with Crippen LogP contribution in [-0.4, -0.2) is 23.1 Å². The van der Waals surface area contributed by atoms with Gasteiger partial charge in [0.1, 0.15) is 0 Å². The van der Waals surface area contributed by atoms with Gasteiger partial charge < -0.3 is 15.2 Å². The van der Waals surface area contributed by atoms with Gasteiger partial charge in [-0.3, -0.25) is 4.79 Å². The number of amides is 1. The summed E-state index contributed by atoms with van der Waals surface area (Å²) in [6.45, 7) is 5.05. The molecule has 2 rings (SSSR count). The van der Waals surface area contributed by atoms with Crippen molar-refractivity contribution >= 4 is 5.91 Å². The second kappa shape index (κ2) is 7.34. The van der Waals surface area contributed by atoms with Crippen LogP contribution in [0.15, 0.2) is 18.3 Å². The van der Waals surface area contributed by atoms with Crippen LogP contribution >= 0.6 is 0 Å². The van der Waals surface area contributed by atoms with E-state index in [1.54, 1.807) is 0 Å². The average Bonchev–Trinajstić information content (AvgIpc) is 3.09. The molecule has 0 saturated heterocycles. The summed E-state index contributed by atoms with van der Waals surface area (Å²) in [5.74, 6) is 0.207. The maximum Gasteiger partial charge on any atom is 0.220 e. The van der Waals surface area contributed by atoms with Gasteiger partial charge in [-0.05, 0) is 44.4 Å². The molecule has 0 bridgehead atoms. The molecule has 1 heterocycles. The fourth-order valence-electron chi connectivity index (χ4n) is 2.19. The second-order valence-electron chi connectivity index (χ2n) is 5.32. The van der Waals surface area contributed by atoms with Crippen molar-refractivity contribution in [2.24, 2.45) is 0 Å². The predicted octanol–water partition coefficient (Wildman–Crippen LogP) is 2.05.